The van der Waals surface area contributed by atoms with E-state index in [1.165, 1.54) is 11.3 Å². The third kappa shape index (κ3) is 6.92. The van der Waals surface area contributed by atoms with E-state index < -0.39 is 5.60 Å². The van der Waals surface area contributed by atoms with E-state index in [1.807, 2.05) is 39.8 Å². The maximum Gasteiger partial charge on any atom is 0.410 e. The zero-order chi connectivity index (χ0) is 16.6. The molecule has 1 aromatic heterocycles. The van der Waals surface area contributed by atoms with Crippen LogP contribution in [0.15, 0.2) is 12.1 Å². The van der Waals surface area contributed by atoms with Gasteiger partial charge in [0.2, 0.25) is 0 Å². The molecule has 0 aliphatic heterocycles. The van der Waals surface area contributed by atoms with Gasteiger partial charge in [0, 0.05) is 24.5 Å². The number of rotatable bonds is 7. The zero-order valence-corrected chi connectivity index (χ0v) is 14.6. The number of amides is 1. The average molecular weight is 323 g/mol. The number of nitrogens with zero attached hydrogens (tertiary/aromatic N) is 2. The second kappa shape index (κ2) is 8.76. The van der Waals surface area contributed by atoms with E-state index in [-0.39, 0.29) is 6.09 Å². The second-order valence-corrected chi connectivity index (χ2v) is 7.14. The highest BCUT2D eigenvalue weighted by Gasteiger charge is 2.20. The molecule has 1 rings (SSSR count). The molecule has 0 aliphatic carbocycles. The first-order valence-corrected chi connectivity index (χ1v) is 8.35. The lowest BCUT2D eigenvalue weighted by molar-refractivity contribution is 0.0258. The number of carbonyl (C=O) groups excluding carboxylic acids is 1. The molecule has 0 saturated heterocycles. The summed E-state index contributed by atoms with van der Waals surface area (Å²) in [6.07, 6.45) is 0.607. The molecule has 122 valence electrons. The molecule has 0 atom stereocenters. The monoisotopic (exact) mass is 323 g/mol. The van der Waals surface area contributed by atoms with Gasteiger partial charge in [0.25, 0.3) is 0 Å². The predicted molar refractivity (Wildman–Crippen MR) is 88.8 cm³/mol. The van der Waals surface area contributed by atoms with Gasteiger partial charge in [0.05, 0.1) is 0 Å². The van der Waals surface area contributed by atoms with E-state index in [1.54, 1.807) is 4.90 Å². The molecule has 0 aliphatic rings. The van der Waals surface area contributed by atoms with Crippen molar-refractivity contribution < 1.29 is 9.53 Å². The molecule has 1 amide bonds. The van der Waals surface area contributed by atoms with Crippen molar-refractivity contribution in [3.63, 3.8) is 0 Å². The summed E-state index contributed by atoms with van der Waals surface area (Å²) in [5.74, 6) is 0. The third-order valence-corrected chi connectivity index (χ3v) is 3.88. The highest BCUT2D eigenvalue weighted by atomic mass is 32.1. The van der Waals surface area contributed by atoms with E-state index >= 15 is 0 Å². The van der Waals surface area contributed by atoms with Crippen LogP contribution in [0.5, 0.6) is 0 Å². The highest BCUT2D eigenvalue weighted by Crippen LogP contribution is 2.14. The normalized spacial score (nSPS) is 11.0. The van der Waals surface area contributed by atoms with Crippen LogP contribution in [0.3, 0.4) is 0 Å². The lowest BCUT2D eigenvalue weighted by Crippen LogP contribution is -2.38. The molecule has 6 heteroatoms. The molecule has 0 aromatic carbocycles. The van der Waals surface area contributed by atoms with Crippen LogP contribution >= 0.6 is 11.3 Å². The van der Waals surface area contributed by atoms with Gasteiger partial charge >= 0.3 is 6.09 Å². The molecule has 1 aromatic rings. The minimum atomic E-state index is -0.458. The van der Waals surface area contributed by atoms with Crippen LogP contribution < -0.4 is 5.32 Å². The first-order valence-electron chi connectivity index (χ1n) is 7.53. The first kappa shape index (κ1) is 18.5. The van der Waals surface area contributed by atoms with Crippen LogP contribution in [0.2, 0.25) is 0 Å². The van der Waals surface area contributed by atoms with Crippen molar-refractivity contribution in [1.29, 1.82) is 5.26 Å². The van der Waals surface area contributed by atoms with Crippen LogP contribution in [0.25, 0.3) is 0 Å². The summed E-state index contributed by atoms with van der Waals surface area (Å²) in [5, 5.41) is 12.1. The van der Waals surface area contributed by atoms with Crippen LogP contribution in [-0.2, 0) is 11.3 Å². The van der Waals surface area contributed by atoms with Crippen molar-refractivity contribution in [3.8, 4) is 6.07 Å². The number of nitriles is 1. The van der Waals surface area contributed by atoms with Gasteiger partial charge in [-0.3, -0.25) is 0 Å². The zero-order valence-electron chi connectivity index (χ0n) is 13.8. The summed E-state index contributed by atoms with van der Waals surface area (Å²) in [6, 6.07) is 5.94. The summed E-state index contributed by atoms with van der Waals surface area (Å²) in [5.41, 5.74) is -0.458. The van der Waals surface area contributed by atoms with Crippen LogP contribution in [0, 0.1) is 11.3 Å². The fraction of sp³-hybridized carbons (Fsp3) is 0.625. The van der Waals surface area contributed by atoms with Gasteiger partial charge in [0.1, 0.15) is 16.5 Å². The fourth-order valence-electron chi connectivity index (χ4n) is 1.84. The number of hydrogen-bond donors (Lipinski definition) is 1. The minimum absolute atomic E-state index is 0.257. The predicted octanol–water partition coefficient (Wildman–Crippen LogP) is 3.36. The van der Waals surface area contributed by atoms with Crippen LogP contribution in [0.4, 0.5) is 4.79 Å². The van der Waals surface area contributed by atoms with Crippen LogP contribution in [0.1, 0.15) is 43.9 Å². The summed E-state index contributed by atoms with van der Waals surface area (Å²) in [4.78, 5) is 15.6. The Morgan fingerprint density at radius 3 is 2.73 bits per heavy atom. The van der Waals surface area contributed by atoms with Crippen molar-refractivity contribution in [2.45, 2.75) is 46.3 Å². The Hall–Kier alpha value is -1.58. The Balaban J connectivity index is 2.24. The Kier molecular flexibility index (Phi) is 7.36. The van der Waals surface area contributed by atoms with Crippen LogP contribution in [-0.4, -0.2) is 36.2 Å². The van der Waals surface area contributed by atoms with E-state index in [2.05, 4.69) is 11.4 Å². The summed E-state index contributed by atoms with van der Waals surface area (Å²) in [7, 11) is 0. The van der Waals surface area contributed by atoms with Gasteiger partial charge in [-0.1, -0.05) is 0 Å². The molecule has 0 saturated carbocycles. The summed E-state index contributed by atoms with van der Waals surface area (Å²) >= 11 is 1.50. The van der Waals surface area contributed by atoms with E-state index in [4.69, 9.17) is 10.00 Å². The topological polar surface area (TPSA) is 65.4 Å². The SMILES string of the molecule is CCN(CCCNCc1ccc(C#N)s1)C(=O)OC(C)(C)C. The Bertz CT molecular complexity index is 514. The Labute approximate surface area is 136 Å². The number of ether oxygens (including phenoxy) is 1. The Morgan fingerprint density at radius 1 is 1.45 bits per heavy atom. The van der Waals surface area contributed by atoms with Crippen molar-refractivity contribution in [2.75, 3.05) is 19.6 Å². The molecule has 0 spiro atoms. The molecule has 0 radical (unpaired) electrons. The van der Waals surface area contributed by atoms with Crippen molar-refractivity contribution in [3.05, 3.63) is 21.9 Å². The van der Waals surface area contributed by atoms with Gasteiger partial charge in [-0.15, -0.1) is 11.3 Å². The molecule has 1 N–H and O–H groups in total. The lowest BCUT2D eigenvalue weighted by atomic mass is 10.2. The maximum absolute atomic E-state index is 12.0. The molecule has 0 bridgehead atoms. The van der Waals surface area contributed by atoms with E-state index in [0.29, 0.717) is 13.1 Å². The molecule has 0 fully saturated rings. The largest absolute Gasteiger partial charge is 0.444 e. The molecular weight excluding hydrogens is 298 g/mol. The van der Waals surface area contributed by atoms with Gasteiger partial charge in [-0.05, 0) is 52.8 Å². The molecular formula is C16H25N3O2S. The number of carbonyl (C=O) groups is 1. The number of hydrogen-bond acceptors (Lipinski definition) is 5. The second-order valence-electron chi connectivity index (χ2n) is 5.97. The van der Waals surface area contributed by atoms with Crippen molar-refractivity contribution in [2.24, 2.45) is 0 Å². The van der Waals surface area contributed by atoms with Crippen molar-refractivity contribution in [1.82, 2.24) is 10.2 Å². The van der Waals surface area contributed by atoms with Gasteiger partial charge in [-0.25, -0.2) is 4.79 Å². The third-order valence-electron chi connectivity index (χ3n) is 2.89. The summed E-state index contributed by atoms with van der Waals surface area (Å²) in [6.45, 7) is 10.5. The van der Waals surface area contributed by atoms with Gasteiger partial charge < -0.3 is 15.0 Å². The van der Waals surface area contributed by atoms with E-state index in [0.717, 1.165) is 29.3 Å². The van der Waals surface area contributed by atoms with Gasteiger partial charge in [-0.2, -0.15) is 5.26 Å². The summed E-state index contributed by atoms with van der Waals surface area (Å²) < 4.78 is 5.37. The Morgan fingerprint density at radius 2 is 2.18 bits per heavy atom. The standard InChI is InChI=1S/C16H25N3O2S/c1-5-19(15(20)21-16(2,3)4)10-6-9-18-12-14-8-7-13(11-17)22-14/h7-8,18H,5-6,9-10,12H2,1-4H3. The lowest BCUT2D eigenvalue weighted by Gasteiger charge is -2.26. The smallest absolute Gasteiger partial charge is 0.410 e. The number of nitrogens with one attached hydrogen (secondary N) is 1. The number of thiophene rings is 1. The minimum Gasteiger partial charge on any atom is -0.444 e. The quantitative estimate of drug-likeness (QED) is 0.781. The average Bonchev–Trinajstić information content (AvgIpc) is 2.88. The van der Waals surface area contributed by atoms with Crippen molar-refractivity contribution >= 4 is 17.4 Å². The fourth-order valence-corrected chi connectivity index (χ4v) is 2.62. The first-order chi connectivity index (χ1) is 10.4. The highest BCUT2D eigenvalue weighted by molar-refractivity contribution is 7.12. The van der Waals surface area contributed by atoms with E-state index in [9.17, 15) is 4.79 Å². The van der Waals surface area contributed by atoms with Gasteiger partial charge in [0.15, 0.2) is 0 Å². The molecule has 1 heterocycles. The maximum atomic E-state index is 12.0. The molecule has 5 nitrogen and oxygen atoms in total. The molecule has 22 heavy (non-hydrogen) atoms. The molecule has 0 unspecified atom stereocenters.